The zero-order valence-corrected chi connectivity index (χ0v) is 44.3. The first-order valence-corrected chi connectivity index (χ1v) is 28.0. The second kappa shape index (κ2) is 24.5. The molecule has 9 rings (SSSR count). The first-order chi connectivity index (χ1) is 36.5. The Kier molecular flexibility index (Phi) is 17.8. The van der Waals surface area contributed by atoms with Gasteiger partial charge in [0, 0.05) is 79.9 Å². The highest BCUT2D eigenvalue weighted by molar-refractivity contribution is 5.94. The average molecular weight is 1060 g/mol. The lowest BCUT2D eigenvalue weighted by molar-refractivity contribution is -0.137. The van der Waals surface area contributed by atoms with Crippen LogP contribution in [0.1, 0.15) is 154 Å². The fourth-order valence-corrected chi connectivity index (χ4v) is 12.6. The Morgan fingerprint density at radius 1 is 0.816 bits per heavy atom. The molecule has 4 heterocycles. The number of nitrogens with zero attached hydrogens (tertiary/aromatic N) is 5. The Morgan fingerprint density at radius 2 is 1.55 bits per heavy atom. The number of benzene rings is 1. The van der Waals surface area contributed by atoms with Gasteiger partial charge in [0.05, 0.1) is 53.9 Å². The summed E-state index contributed by atoms with van der Waals surface area (Å²) in [5.74, 6) is -0.842. The van der Waals surface area contributed by atoms with E-state index >= 15 is 0 Å². The number of carbonyl (C=O) groups excluding carboxylic acids is 5. The number of carbonyl (C=O) groups is 5. The van der Waals surface area contributed by atoms with Crippen molar-refractivity contribution in [3.8, 4) is 0 Å². The number of alkyl halides is 3. The van der Waals surface area contributed by atoms with E-state index in [0.29, 0.717) is 89.6 Å². The molecule has 6 atom stereocenters. The summed E-state index contributed by atoms with van der Waals surface area (Å²) >= 11 is 0. The summed E-state index contributed by atoms with van der Waals surface area (Å²) in [6, 6.07) is 5.84. The van der Waals surface area contributed by atoms with Gasteiger partial charge in [0.15, 0.2) is 0 Å². The summed E-state index contributed by atoms with van der Waals surface area (Å²) in [6.07, 6.45) is 13.2. The molecule has 1 aromatic carbocycles. The molecule has 17 nitrogen and oxygen atoms in total. The molecule has 6 aliphatic rings. The standard InChI is InChI=1S/C56H77F3N10O7/c1-55(2,3)67-38-16-22-47(68-26-23-45(54(68)74)65-51-42-29-36(56(57,58)59)13-21-44(42)62-33-63-51)46(30-38)66-52(72)34-11-14-37(15-12-34)64-48(70)10-6-27-75-40-17-19-41(20-18-40)76-28-25-61-53(73)43-31-49(71)69(39-8-4-9-39)50(43)35-7-5-24-60-32-35/h5,7,13,21,24,29,32-34,37-41,43,45-47,50,67H,4,6,8-12,14-20,22-23,25-28,30-31H2,1-3H3,(H,61,73)(H,64,70)(H,66,72)(H,62,63,65)/t34-,37-,38-,40-,41-,43+,45+,46-,47+,50-/m1/s1. The van der Waals surface area contributed by atoms with E-state index in [9.17, 15) is 37.1 Å². The summed E-state index contributed by atoms with van der Waals surface area (Å²) in [5, 5.41) is 16.6. The highest BCUT2D eigenvalue weighted by Crippen LogP contribution is 2.44. The van der Waals surface area contributed by atoms with Crippen LogP contribution in [0.2, 0.25) is 0 Å². The van der Waals surface area contributed by atoms with Crippen LogP contribution in [0.4, 0.5) is 19.0 Å². The number of likely N-dealkylation sites (tertiary alicyclic amines) is 2. The molecule has 2 aliphatic heterocycles. The number of nitrogens with one attached hydrogen (secondary N) is 5. The Bertz CT molecular complexity index is 2500. The van der Waals surface area contributed by atoms with E-state index in [2.05, 4.69) is 62.3 Å². The maximum atomic E-state index is 14.1. The van der Waals surface area contributed by atoms with Gasteiger partial charge in [-0.05, 0) is 153 Å². The van der Waals surface area contributed by atoms with Crippen molar-refractivity contribution in [3.63, 3.8) is 0 Å². The lowest BCUT2D eigenvalue weighted by Crippen LogP contribution is -2.60. The monoisotopic (exact) mass is 1060 g/mol. The van der Waals surface area contributed by atoms with E-state index in [1.165, 1.54) is 12.4 Å². The predicted octanol–water partition coefficient (Wildman–Crippen LogP) is 6.91. The van der Waals surface area contributed by atoms with Gasteiger partial charge >= 0.3 is 6.18 Å². The molecule has 0 unspecified atom stereocenters. The van der Waals surface area contributed by atoms with Crippen LogP contribution in [-0.2, 0) is 39.6 Å². The Balaban J connectivity index is 0.662. The zero-order valence-electron chi connectivity index (χ0n) is 44.3. The van der Waals surface area contributed by atoms with Crippen LogP contribution in [0.15, 0.2) is 49.1 Å². The van der Waals surface area contributed by atoms with Gasteiger partial charge in [-0.2, -0.15) is 13.2 Å². The predicted molar refractivity (Wildman–Crippen MR) is 278 cm³/mol. The molecule has 0 spiro atoms. The normalized spacial score (nSPS) is 28.6. The van der Waals surface area contributed by atoms with E-state index in [1.54, 1.807) is 12.4 Å². The highest BCUT2D eigenvalue weighted by Gasteiger charge is 2.49. The molecule has 2 saturated heterocycles. The average Bonchev–Trinajstić information content (AvgIpc) is 3.96. The fraction of sp³-hybridized carbons (Fsp3) is 0.679. The zero-order chi connectivity index (χ0) is 53.6. The van der Waals surface area contributed by atoms with Gasteiger partial charge in [0.2, 0.25) is 29.5 Å². The molecule has 5 amide bonds. The van der Waals surface area contributed by atoms with Crippen LogP contribution in [0.25, 0.3) is 10.9 Å². The molecule has 0 bridgehead atoms. The fourth-order valence-electron chi connectivity index (χ4n) is 12.6. The molecule has 4 saturated carbocycles. The largest absolute Gasteiger partial charge is 0.416 e. The minimum atomic E-state index is -4.55. The summed E-state index contributed by atoms with van der Waals surface area (Å²) in [7, 11) is 0. The Labute approximate surface area is 443 Å². The van der Waals surface area contributed by atoms with Crippen LogP contribution in [0.5, 0.6) is 0 Å². The number of fused-ring (bicyclic) bond motifs is 1. The quantitative estimate of drug-likeness (QED) is 0.0777. The van der Waals surface area contributed by atoms with E-state index < -0.39 is 23.7 Å². The van der Waals surface area contributed by atoms with Crippen molar-refractivity contribution in [1.29, 1.82) is 0 Å². The van der Waals surface area contributed by atoms with Crippen LogP contribution >= 0.6 is 0 Å². The molecule has 5 N–H and O–H groups in total. The van der Waals surface area contributed by atoms with E-state index in [0.717, 1.165) is 69.1 Å². The van der Waals surface area contributed by atoms with Crippen molar-refractivity contribution < 1.29 is 46.6 Å². The molecule has 2 aromatic heterocycles. The topological polar surface area (TPSA) is 209 Å². The van der Waals surface area contributed by atoms with Crippen molar-refractivity contribution in [2.45, 2.75) is 203 Å². The van der Waals surface area contributed by atoms with Crippen LogP contribution in [0, 0.1) is 11.8 Å². The van der Waals surface area contributed by atoms with Crippen molar-refractivity contribution in [1.82, 2.24) is 46.0 Å². The van der Waals surface area contributed by atoms with Crippen molar-refractivity contribution in [3.05, 3.63) is 60.2 Å². The Morgan fingerprint density at radius 3 is 2.24 bits per heavy atom. The molecule has 4 aliphatic carbocycles. The van der Waals surface area contributed by atoms with Crippen LogP contribution in [0.3, 0.4) is 0 Å². The molecule has 0 radical (unpaired) electrons. The van der Waals surface area contributed by atoms with Crippen LogP contribution in [-0.4, -0.2) is 135 Å². The van der Waals surface area contributed by atoms with Crippen molar-refractivity contribution in [2.24, 2.45) is 11.8 Å². The van der Waals surface area contributed by atoms with Crippen molar-refractivity contribution >= 4 is 46.3 Å². The second-order valence-corrected chi connectivity index (χ2v) is 23.1. The maximum Gasteiger partial charge on any atom is 0.416 e. The van der Waals surface area contributed by atoms with Crippen molar-refractivity contribution in [2.75, 3.05) is 31.6 Å². The molecular weight excluding hydrogens is 982 g/mol. The van der Waals surface area contributed by atoms with Gasteiger partial charge in [0.25, 0.3) is 0 Å². The SMILES string of the molecule is CC(C)(C)N[C@@H]1CC[C@H](N2CC[C@H](Nc3ncnc4ccc(C(F)(F)F)cc34)C2=O)[C@H](NC(=O)[C@H]2CC[C@H](NC(=O)CCCO[C@H]3CC[C@H](OCCNC(=O)[C@H]4CC(=O)N(C5CCC5)[C@@H]4c4cccnc4)CC3)CC2)C1. The van der Waals surface area contributed by atoms with Crippen LogP contribution < -0.4 is 26.6 Å². The van der Waals surface area contributed by atoms with Gasteiger partial charge in [-0.15, -0.1) is 0 Å². The third-order valence-electron chi connectivity index (χ3n) is 16.6. The minimum Gasteiger partial charge on any atom is -0.378 e. The summed E-state index contributed by atoms with van der Waals surface area (Å²) in [6.45, 7) is 8.01. The number of hydrogen-bond donors (Lipinski definition) is 5. The number of aromatic nitrogens is 3. The first kappa shape index (κ1) is 55.3. The summed E-state index contributed by atoms with van der Waals surface area (Å²) in [5.41, 5.74) is 0.257. The molecule has 6 fully saturated rings. The lowest BCUT2D eigenvalue weighted by atomic mass is 9.82. The number of halogens is 3. The number of anilines is 1. The number of amides is 5. The molecule has 414 valence electrons. The molecular formula is C56H77F3N10O7. The number of rotatable bonds is 19. The second-order valence-electron chi connectivity index (χ2n) is 23.1. The van der Waals surface area contributed by atoms with Gasteiger partial charge in [-0.1, -0.05) is 6.07 Å². The molecule has 76 heavy (non-hydrogen) atoms. The maximum absolute atomic E-state index is 14.1. The molecule has 20 heteroatoms. The number of ether oxygens (including phenoxy) is 2. The number of hydrogen-bond acceptors (Lipinski definition) is 12. The third kappa shape index (κ3) is 13.8. The van der Waals surface area contributed by atoms with Gasteiger partial charge in [-0.25, -0.2) is 9.97 Å². The third-order valence-corrected chi connectivity index (χ3v) is 16.6. The lowest BCUT2D eigenvalue weighted by Gasteiger charge is -2.43. The van der Waals surface area contributed by atoms with Gasteiger partial charge in [0.1, 0.15) is 18.2 Å². The van der Waals surface area contributed by atoms with E-state index in [4.69, 9.17) is 9.47 Å². The highest BCUT2D eigenvalue weighted by atomic mass is 19.4. The first-order valence-electron chi connectivity index (χ1n) is 28.0. The Hall–Kier alpha value is -5.47. The molecule has 3 aromatic rings. The summed E-state index contributed by atoms with van der Waals surface area (Å²) < 4.78 is 53.2. The minimum absolute atomic E-state index is 0.0134. The smallest absolute Gasteiger partial charge is 0.378 e. The van der Waals surface area contributed by atoms with E-state index in [1.807, 2.05) is 21.9 Å². The van der Waals surface area contributed by atoms with Gasteiger partial charge in [-0.3, -0.25) is 29.0 Å². The van der Waals surface area contributed by atoms with Gasteiger partial charge < -0.3 is 45.9 Å². The number of pyridine rings is 1. The van der Waals surface area contributed by atoms with E-state index in [-0.39, 0.29) is 107 Å². The summed E-state index contributed by atoms with van der Waals surface area (Å²) in [4.78, 5) is 84.0.